The van der Waals surface area contributed by atoms with Gasteiger partial charge in [-0.05, 0) is 42.2 Å². The number of aryl methyl sites for hydroxylation is 1. The number of carboxylic acids is 1. The van der Waals surface area contributed by atoms with Gasteiger partial charge in [-0.1, -0.05) is 19.9 Å². The minimum atomic E-state index is -3.60. The fourth-order valence-electron chi connectivity index (χ4n) is 1.55. The third-order valence-electron chi connectivity index (χ3n) is 2.61. The molecule has 6 nitrogen and oxygen atoms in total. The molecule has 0 bridgehead atoms. The van der Waals surface area contributed by atoms with Crippen LogP contribution in [0.25, 0.3) is 6.08 Å². The maximum absolute atomic E-state index is 11.8. The molecule has 0 radical (unpaired) electrons. The molecule has 0 spiro atoms. The van der Waals surface area contributed by atoms with Crippen molar-refractivity contribution in [3.63, 3.8) is 0 Å². The van der Waals surface area contributed by atoms with E-state index in [2.05, 4.69) is 9.44 Å². The molecule has 0 amide bonds. The van der Waals surface area contributed by atoms with Crippen LogP contribution in [-0.4, -0.2) is 26.0 Å². The van der Waals surface area contributed by atoms with Gasteiger partial charge in [-0.2, -0.15) is 13.1 Å². The summed E-state index contributed by atoms with van der Waals surface area (Å²) in [5, 5.41) is 8.59. The predicted molar refractivity (Wildman–Crippen MR) is 83.2 cm³/mol. The zero-order chi connectivity index (χ0) is 16.0. The molecule has 1 rings (SSSR count). The van der Waals surface area contributed by atoms with Crippen molar-refractivity contribution >= 4 is 27.9 Å². The van der Waals surface area contributed by atoms with Crippen LogP contribution in [0.5, 0.6) is 0 Å². The Morgan fingerprint density at radius 3 is 2.57 bits per heavy atom. The van der Waals surface area contributed by atoms with E-state index >= 15 is 0 Å². The van der Waals surface area contributed by atoms with Crippen LogP contribution in [0.4, 0.5) is 5.69 Å². The van der Waals surface area contributed by atoms with Crippen LogP contribution < -0.4 is 9.44 Å². The molecule has 0 saturated carbocycles. The van der Waals surface area contributed by atoms with Gasteiger partial charge in [0.15, 0.2) is 0 Å². The van der Waals surface area contributed by atoms with E-state index in [1.54, 1.807) is 25.1 Å². The largest absolute Gasteiger partial charge is 0.478 e. The normalized spacial score (nSPS) is 12.0. The number of hydrogen-bond donors (Lipinski definition) is 3. The Kier molecular flexibility index (Phi) is 5.92. The van der Waals surface area contributed by atoms with Crippen LogP contribution in [0.1, 0.15) is 25.0 Å². The minimum absolute atomic E-state index is 0.215. The molecule has 3 N–H and O–H groups in total. The van der Waals surface area contributed by atoms with Crippen LogP contribution in [0, 0.1) is 12.8 Å². The van der Waals surface area contributed by atoms with Crippen molar-refractivity contribution in [2.45, 2.75) is 20.8 Å². The molecule has 0 saturated heterocycles. The number of nitrogens with one attached hydrogen (secondary N) is 2. The van der Waals surface area contributed by atoms with Gasteiger partial charge in [0.25, 0.3) is 10.2 Å². The Morgan fingerprint density at radius 2 is 2.05 bits per heavy atom. The van der Waals surface area contributed by atoms with E-state index in [1.165, 1.54) is 6.08 Å². The number of anilines is 1. The number of benzene rings is 1. The molecule has 0 aliphatic rings. The van der Waals surface area contributed by atoms with Gasteiger partial charge < -0.3 is 5.11 Å². The van der Waals surface area contributed by atoms with Crippen molar-refractivity contribution < 1.29 is 18.3 Å². The third kappa shape index (κ3) is 6.42. The summed E-state index contributed by atoms with van der Waals surface area (Å²) in [6, 6.07) is 4.90. The first-order valence-corrected chi connectivity index (χ1v) is 7.97. The summed E-state index contributed by atoms with van der Waals surface area (Å²) in [4.78, 5) is 10.5. The summed E-state index contributed by atoms with van der Waals surface area (Å²) in [6.07, 6.45) is 2.50. The fourth-order valence-corrected chi connectivity index (χ4v) is 2.62. The van der Waals surface area contributed by atoms with Gasteiger partial charge in [0.05, 0.1) is 5.69 Å². The highest BCUT2D eigenvalue weighted by molar-refractivity contribution is 7.90. The molecule has 1 aromatic rings. The molecule has 1 aromatic carbocycles. The lowest BCUT2D eigenvalue weighted by molar-refractivity contribution is -0.131. The maximum Gasteiger partial charge on any atom is 0.328 e. The lowest BCUT2D eigenvalue weighted by Crippen LogP contribution is -2.32. The smallest absolute Gasteiger partial charge is 0.328 e. The SMILES string of the molecule is Cc1cc(NS(=O)(=O)NCC(C)C)ccc1/C=C/C(=O)O. The van der Waals surface area contributed by atoms with Crippen LogP contribution in [-0.2, 0) is 15.0 Å². The topological polar surface area (TPSA) is 95.5 Å². The third-order valence-corrected chi connectivity index (χ3v) is 3.66. The van der Waals surface area contributed by atoms with Crippen LogP contribution >= 0.6 is 0 Å². The molecule has 21 heavy (non-hydrogen) atoms. The molecule has 0 aromatic heterocycles. The number of rotatable bonds is 7. The molecule has 116 valence electrons. The zero-order valence-corrected chi connectivity index (χ0v) is 13.1. The first kappa shape index (κ1) is 17.2. The van der Waals surface area contributed by atoms with Crippen molar-refractivity contribution in [3.8, 4) is 0 Å². The standard InChI is InChI=1S/C14H20N2O4S/c1-10(2)9-15-21(19,20)16-13-6-4-12(11(3)8-13)5-7-14(17)18/h4-8,10,15-16H,9H2,1-3H3,(H,17,18)/b7-5+. The Balaban J connectivity index is 2.82. The molecule has 0 aliphatic heterocycles. The van der Waals surface area contributed by atoms with Crippen molar-refractivity contribution in [2.75, 3.05) is 11.3 Å². The van der Waals surface area contributed by atoms with E-state index < -0.39 is 16.2 Å². The average Bonchev–Trinajstić information content (AvgIpc) is 2.35. The van der Waals surface area contributed by atoms with Gasteiger partial charge in [-0.15, -0.1) is 0 Å². The minimum Gasteiger partial charge on any atom is -0.478 e. The fraction of sp³-hybridized carbons (Fsp3) is 0.357. The van der Waals surface area contributed by atoms with Gasteiger partial charge >= 0.3 is 5.97 Å². The summed E-state index contributed by atoms with van der Waals surface area (Å²) in [5.74, 6) is -0.816. The van der Waals surface area contributed by atoms with Crippen molar-refractivity contribution in [1.29, 1.82) is 0 Å². The van der Waals surface area contributed by atoms with Gasteiger partial charge in [-0.3, -0.25) is 4.72 Å². The second kappa shape index (κ2) is 7.24. The lowest BCUT2D eigenvalue weighted by Gasteiger charge is -2.12. The van der Waals surface area contributed by atoms with Crippen molar-refractivity contribution in [1.82, 2.24) is 4.72 Å². The molecule has 0 atom stereocenters. The van der Waals surface area contributed by atoms with E-state index in [4.69, 9.17) is 5.11 Å². The van der Waals surface area contributed by atoms with Gasteiger partial charge in [0, 0.05) is 12.6 Å². The highest BCUT2D eigenvalue weighted by Crippen LogP contribution is 2.17. The van der Waals surface area contributed by atoms with Gasteiger partial charge in [0.1, 0.15) is 0 Å². The highest BCUT2D eigenvalue weighted by atomic mass is 32.2. The molecule has 0 heterocycles. The van der Waals surface area contributed by atoms with Gasteiger partial charge in [0.2, 0.25) is 0 Å². The molecule has 7 heteroatoms. The van der Waals surface area contributed by atoms with E-state index in [0.29, 0.717) is 12.2 Å². The van der Waals surface area contributed by atoms with E-state index in [9.17, 15) is 13.2 Å². The monoisotopic (exact) mass is 312 g/mol. The molecular weight excluding hydrogens is 292 g/mol. The summed E-state index contributed by atoms with van der Waals surface area (Å²) in [5.41, 5.74) is 1.92. The molecule has 0 fully saturated rings. The summed E-state index contributed by atoms with van der Waals surface area (Å²) >= 11 is 0. The number of carboxylic acid groups (broad SMARTS) is 1. The highest BCUT2D eigenvalue weighted by Gasteiger charge is 2.10. The van der Waals surface area contributed by atoms with Crippen LogP contribution in [0.15, 0.2) is 24.3 Å². The Morgan fingerprint density at radius 1 is 1.38 bits per heavy atom. The van der Waals surface area contributed by atoms with E-state index in [1.807, 2.05) is 13.8 Å². The molecular formula is C14H20N2O4S. The predicted octanol–water partition coefficient (Wildman–Crippen LogP) is 2.00. The number of hydrogen-bond acceptors (Lipinski definition) is 3. The van der Waals surface area contributed by atoms with Crippen molar-refractivity contribution in [2.24, 2.45) is 5.92 Å². The second-order valence-electron chi connectivity index (χ2n) is 5.09. The summed E-state index contributed by atoms with van der Waals surface area (Å²) < 4.78 is 28.5. The van der Waals surface area contributed by atoms with Crippen molar-refractivity contribution in [3.05, 3.63) is 35.4 Å². The molecule has 0 aliphatic carbocycles. The first-order chi connectivity index (χ1) is 9.69. The first-order valence-electron chi connectivity index (χ1n) is 6.48. The molecule has 0 unspecified atom stereocenters. The van der Waals surface area contributed by atoms with Crippen LogP contribution in [0.2, 0.25) is 0 Å². The maximum atomic E-state index is 11.8. The Bertz CT molecular complexity index is 636. The summed E-state index contributed by atoms with van der Waals surface area (Å²) in [7, 11) is -3.60. The lowest BCUT2D eigenvalue weighted by atomic mass is 10.1. The Hall–Kier alpha value is -1.86. The summed E-state index contributed by atoms with van der Waals surface area (Å²) in [6.45, 7) is 5.96. The number of carbonyl (C=O) groups is 1. The quantitative estimate of drug-likeness (QED) is 0.671. The number of aliphatic carboxylic acids is 1. The average molecular weight is 312 g/mol. The zero-order valence-electron chi connectivity index (χ0n) is 12.3. The van der Waals surface area contributed by atoms with E-state index in [0.717, 1.165) is 17.2 Å². The second-order valence-corrected chi connectivity index (χ2v) is 6.59. The van der Waals surface area contributed by atoms with E-state index in [-0.39, 0.29) is 5.92 Å². The van der Waals surface area contributed by atoms with Gasteiger partial charge in [-0.25, -0.2) is 4.79 Å². The Labute approximate surface area is 125 Å². The van der Waals surface area contributed by atoms with Crippen LogP contribution in [0.3, 0.4) is 0 Å².